The van der Waals surface area contributed by atoms with Gasteiger partial charge in [-0.25, -0.2) is 0 Å². The van der Waals surface area contributed by atoms with Crippen LogP contribution in [0, 0.1) is 12.8 Å². The second-order valence-electron chi connectivity index (χ2n) is 6.82. The molecular formula is C22H23F2NO3. The van der Waals surface area contributed by atoms with Crippen LogP contribution in [0.1, 0.15) is 35.6 Å². The summed E-state index contributed by atoms with van der Waals surface area (Å²) >= 11 is 0. The second-order valence-corrected chi connectivity index (χ2v) is 6.82. The highest BCUT2D eigenvalue weighted by molar-refractivity contribution is 5.92. The lowest BCUT2D eigenvalue weighted by Gasteiger charge is -2.18. The maximum Gasteiger partial charge on any atom is 0.387 e. The van der Waals surface area contributed by atoms with Crippen LogP contribution in [0.15, 0.2) is 48.5 Å². The smallest absolute Gasteiger partial charge is 0.387 e. The quantitative estimate of drug-likeness (QED) is 0.657. The summed E-state index contributed by atoms with van der Waals surface area (Å²) in [7, 11) is 1.37. The lowest BCUT2D eigenvalue weighted by molar-refractivity contribution is -0.117. The number of nitrogens with one attached hydrogen (secondary N) is 1. The molecule has 4 nitrogen and oxygen atoms in total. The molecule has 148 valence electrons. The summed E-state index contributed by atoms with van der Waals surface area (Å²) in [6.45, 7) is -0.970. The summed E-state index contributed by atoms with van der Waals surface area (Å²) in [5.41, 5.74) is 2.57. The molecule has 6 heteroatoms. The molecule has 1 aliphatic rings. The Bertz CT molecular complexity index is 845. The van der Waals surface area contributed by atoms with Crippen molar-refractivity contribution in [3.8, 4) is 11.5 Å². The number of hydrogen-bond donors (Lipinski definition) is 1. The van der Waals surface area contributed by atoms with E-state index in [2.05, 4.69) is 10.1 Å². The predicted molar refractivity (Wildman–Crippen MR) is 103 cm³/mol. The topological polar surface area (TPSA) is 47.6 Å². The van der Waals surface area contributed by atoms with Crippen LogP contribution in [0.5, 0.6) is 11.5 Å². The summed E-state index contributed by atoms with van der Waals surface area (Å²) in [4.78, 5) is 12.5. The minimum atomic E-state index is -2.99. The Morgan fingerprint density at radius 3 is 2.50 bits per heavy atom. The van der Waals surface area contributed by atoms with Gasteiger partial charge in [0.25, 0.3) is 0 Å². The van der Waals surface area contributed by atoms with Crippen LogP contribution in [0.4, 0.5) is 8.78 Å². The highest BCUT2D eigenvalue weighted by Gasteiger charge is 2.33. The van der Waals surface area contributed by atoms with E-state index in [-0.39, 0.29) is 23.4 Å². The van der Waals surface area contributed by atoms with Crippen molar-refractivity contribution in [2.24, 2.45) is 5.92 Å². The molecule has 0 radical (unpaired) electrons. The molecule has 3 rings (SSSR count). The van der Waals surface area contributed by atoms with Gasteiger partial charge in [0.05, 0.1) is 13.2 Å². The lowest BCUT2D eigenvalue weighted by atomic mass is 10.0. The molecule has 1 atom stereocenters. The summed E-state index contributed by atoms with van der Waals surface area (Å²) in [6.07, 6.45) is 4.93. The van der Waals surface area contributed by atoms with E-state index in [1.165, 1.54) is 25.3 Å². The van der Waals surface area contributed by atoms with Gasteiger partial charge in [0.2, 0.25) is 5.91 Å². The van der Waals surface area contributed by atoms with Crippen LogP contribution < -0.4 is 14.8 Å². The molecule has 0 bridgehead atoms. The Balaban J connectivity index is 1.75. The normalized spacial score (nSPS) is 14.9. The first-order valence-corrected chi connectivity index (χ1v) is 9.15. The van der Waals surface area contributed by atoms with Gasteiger partial charge in [0.15, 0.2) is 11.5 Å². The molecule has 0 spiro atoms. The number of benzene rings is 2. The molecule has 1 aliphatic carbocycles. The molecule has 2 aromatic carbocycles. The van der Waals surface area contributed by atoms with Gasteiger partial charge in [-0.2, -0.15) is 8.78 Å². The van der Waals surface area contributed by atoms with E-state index in [1.807, 2.05) is 31.2 Å². The van der Waals surface area contributed by atoms with E-state index in [1.54, 1.807) is 12.1 Å². The van der Waals surface area contributed by atoms with Crippen molar-refractivity contribution in [2.75, 3.05) is 7.11 Å². The van der Waals surface area contributed by atoms with Crippen molar-refractivity contribution in [3.63, 3.8) is 0 Å². The van der Waals surface area contributed by atoms with Gasteiger partial charge in [-0.15, -0.1) is 0 Å². The van der Waals surface area contributed by atoms with Crippen LogP contribution in [-0.4, -0.2) is 19.6 Å². The fourth-order valence-corrected chi connectivity index (χ4v) is 3.08. The number of rotatable bonds is 8. The van der Waals surface area contributed by atoms with Crippen LogP contribution in [-0.2, 0) is 4.79 Å². The van der Waals surface area contributed by atoms with Gasteiger partial charge in [0, 0.05) is 11.6 Å². The zero-order valence-corrected chi connectivity index (χ0v) is 15.8. The zero-order valence-electron chi connectivity index (χ0n) is 15.8. The first-order chi connectivity index (χ1) is 13.5. The van der Waals surface area contributed by atoms with Crippen molar-refractivity contribution in [1.82, 2.24) is 5.32 Å². The van der Waals surface area contributed by atoms with Crippen molar-refractivity contribution in [3.05, 3.63) is 65.2 Å². The molecule has 1 fully saturated rings. The lowest BCUT2D eigenvalue weighted by Crippen LogP contribution is -2.28. The summed E-state index contributed by atoms with van der Waals surface area (Å²) < 4.78 is 35.1. The molecule has 1 N–H and O–H groups in total. The standard InChI is InChI=1S/C22H23F2NO3/c1-14-6-8-15(9-7-14)20(16-10-11-16)25-19(26)13-12-17-4-3-5-18(27-2)21(17)28-22(23)24/h3-9,12-13,16,20,22H,10-11H2,1-2H3,(H,25,26)/b13-12-/t20-/m0/s1. The zero-order chi connectivity index (χ0) is 20.1. The Labute approximate surface area is 163 Å². The summed E-state index contributed by atoms with van der Waals surface area (Å²) in [6, 6.07) is 12.8. The number of amides is 1. The van der Waals surface area contributed by atoms with E-state index >= 15 is 0 Å². The van der Waals surface area contributed by atoms with E-state index in [0.29, 0.717) is 11.5 Å². The predicted octanol–water partition coefficient (Wildman–Crippen LogP) is 4.89. The van der Waals surface area contributed by atoms with E-state index in [4.69, 9.17) is 4.74 Å². The second kappa shape index (κ2) is 8.87. The molecule has 0 aromatic heterocycles. The van der Waals surface area contributed by atoms with Crippen molar-refractivity contribution in [2.45, 2.75) is 32.4 Å². The average Bonchev–Trinajstić information content (AvgIpc) is 3.50. The molecule has 0 saturated heterocycles. The van der Waals surface area contributed by atoms with Gasteiger partial charge < -0.3 is 14.8 Å². The third-order valence-electron chi connectivity index (χ3n) is 4.68. The number of ether oxygens (including phenoxy) is 2. The molecule has 0 aliphatic heterocycles. The monoisotopic (exact) mass is 387 g/mol. The Morgan fingerprint density at radius 1 is 1.18 bits per heavy atom. The summed E-state index contributed by atoms with van der Waals surface area (Å²) in [5.74, 6) is 0.220. The maximum absolute atomic E-state index is 12.7. The fraction of sp³-hybridized carbons (Fsp3) is 0.318. The van der Waals surface area contributed by atoms with Crippen LogP contribution >= 0.6 is 0 Å². The van der Waals surface area contributed by atoms with Crippen molar-refractivity contribution < 1.29 is 23.0 Å². The first kappa shape index (κ1) is 19.9. The van der Waals surface area contributed by atoms with Gasteiger partial charge in [0.1, 0.15) is 0 Å². The van der Waals surface area contributed by atoms with Crippen LogP contribution in [0.3, 0.4) is 0 Å². The van der Waals surface area contributed by atoms with Gasteiger partial charge >= 0.3 is 6.61 Å². The molecule has 0 heterocycles. The van der Waals surface area contributed by atoms with Crippen LogP contribution in [0.2, 0.25) is 0 Å². The van der Waals surface area contributed by atoms with Crippen molar-refractivity contribution >= 4 is 12.0 Å². The molecule has 1 saturated carbocycles. The van der Waals surface area contributed by atoms with Gasteiger partial charge in [-0.05, 0) is 43.4 Å². The Hall–Kier alpha value is -2.89. The number of hydrogen-bond acceptors (Lipinski definition) is 3. The van der Waals surface area contributed by atoms with E-state index < -0.39 is 6.61 Å². The number of halogens is 2. The number of carbonyl (C=O) groups excluding carboxylic acids is 1. The molecule has 0 unspecified atom stereocenters. The number of aryl methyl sites for hydroxylation is 1. The first-order valence-electron chi connectivity index (χ1n) is 9.15. The number of methoxy groups -OCH3 is 1. The number of carbonyl (C=O) groups is 1. The SMILES string of the molecule is COc1cccc(/C=C\C(=O)N[C@@H](c2ccc(C)cc2)C2CC2)c1OC(F)F. The molecular weight excluding hydrogens is 364 g/mol. The minimum Gasteiger partial charge on any atom is -0.493 e. The van der Waals surface area contributed by atoms with Gasteiger partial charge in [-0.1, -0.05) is 42.0 Å². The van der Waals surface area contributed by atoms with Crippen molar-refractivity contribution in [1.29, 1.82) is 0 Å². The number of alkyl halides is 2. The highest BCUT2D eigenvalue weighted by atomic mass is 19.3. The molecule has 1 amide bonds. The largest absolute Gasteiger partial charge is 0.493 e. The Morgan fingerprint density at radius 2 is 1.89 bits per heavy atom. The van der Waals surface area contributed by atoms with Crippen LogP contribution in [0.25, 0.3) is 6.08 Å². The Kier molecular flexibility index (Phi) is 6.29. The fourth-order valence-electron chi connectivity index (χ4n) is 3.08. The van der Waals surface area contributed by atoms with E-state index in [9.17, 15) is 13.6 Å². The highest BCUT2D eigenvalue weighted by Crippen LogP contribution is 2.41. The average molecular weight is 387 g/mol. The summed E-state index contributed by atoms with van der Waals surface area (Å²) in [5, 5.41) is 3.03. The van der Waals surface area contributed by atoms with E-state index in [0.717, 1.165) is 24.0 Å². The third kappa shape index (κ3) is 5.09. The molecule has 28 heavy (non-hydrogen) atoms. The van der Waals surface area contributed by atoms with Gasteiger partial charge in [-0.3, -0.25) is 4.79 Å². The number of para-hydroxylation sites is 1. The third-order valence-corrected chi connectivity index (χ3v) is 4.68. The maximum atomic E-state index is 12.7. The minimum absolute atomic E-state index is 0.0557. The molecule has 2 aromatic rings.